The van der Waals surface area contributed by atoms with Gasteiger partial charge < -0.3 is 10.1 Å². The average Bonchev–Trinajstić information content (AvgIpc) is 3.21. The quantitative estimate of drug-likeness (QED) is 0.549. The minimum absolute atomic E-state index is 0.184. The van der Waals surface area contributed by atoms with Crippen LogP contribution in [-0.4, -0.2) is 22.1 Å². The molecule has 1 aliphatic heterocycles. The second-order valence-corrected chi connectivity index (χ2v) is 7.16. The molecule has 0 fully saturated rings. The van der Waals surface area contributed by atoms with Crippen LogP contribution in [0, 0.1) is 6.92 Å². The van der Waals surface area contributed by atoms with Crippen molar-refractivity contribution in [2.75, 3.05) is 11.9 Å². The van der Waals surface area contributed by atoms with Crippen molar-refractivity contribution in [3.63, 3.8) is 0 Å². The number of carbonyl (C=O) groups excluding carboxylic acids is 1. The fraction of sp³-hybridized carbons (Fsp3) is 0.200. The number of anilines is 1. The zero-order valence-electron chi connectivity index (χ0n) is 14.7. The van der Waals surface area contributed by atoms with Gasteiger partial charge in [-0.3, -0.25) is 4.57 Å². The van der Waals surface area contributed by atoms with Gasteiger partial charge in [-0.05, 0) is 43.0 Å². The van der Waals surface area contributed by atoms with E-state index in [0.29, 0.717) is 5.57 Å². The van der Waals surface area contributed by atoms with E-state index in [1.54, 1.807) is 17.4 Å². The number of hydrogen-bond donors (Lipinski definition) is 1. The summed E-state index contributed by atoms with van der Waals surface area (Å²) in [7, 11) is 0. The van der Waals surface area contributed by atoms with Gasteiger partial charge in [-0.1, -0.05) is 24.8 Å². The smallest absolute Gasteiger partial charge is 0.338 e. The van der Waals surface area contributed by atoms with Crippen LogP contribution in [-0.2, 0) is 9.53 Å². The second-order valence-electron chi connectivity index (χ2n) is 6.22. The first kappa shape index (κ1) is 16.6. The second kappa shape index (κ2) is 6.46. The summed E-state index contributed by atoms with van der Waals surface area (Å²) >= 11 is 1.64. The largest absolute Gasteiger partial charge is 0.458 e. The Bertz CT molecular complexity index is 1040. The van der Waals surface area contributed by atoms with E-state index in [1.165, 1.54) is 0 Å². The molecule has 5 nitrogen and oxygen atoms in total. The van der Waals surface area contributed by atoms with Crippen LogP contribution in [0.15, 0.2) is 59.6 Å². The lowest BCUT2D eigenvalue weighted by molar-refractivity contribution is -0.138. The van der Waals surface area contributed by atoms with Crippen LogP contribution in [0.5, 0.6) is 0 Å². The molecule has 0 unspecified atom stereocenters. The summed E-state index contributed by atoms with van der Waals surface area (Å²) < 4.78 is 7.48. The first-order valence-electron chi connectivity index (χ1n) is 8.38. The van der Waals surface area contributed by atoms with Crippen molar-refractivity contribution in [3.8, 4) is 0 Å². The van der Waals surface area contributed by atoms with Crippen LogP contribution in [0.4, 0.5) is 5.95 Å². The van der Waals surface area contributed by atoms with Crippen molar-refractivity contribution in [1.82, 2.24) is 9.55 Å². The van der Waals surface area contributed by atoms with Gasteiger partial charge in [0.15, 0.2) is 0 Å². The molecule has 26 heavy (non-hydrogen) atoms. The predicted molar refractivity (Wildman–Crippen MR) is 104 cm³/mol. The van der Waals surface area contributed by atoms with Gasteiger partial charge in [0.05, 0.1) is 16.6 Å². The van der Waals surface area contributed by atoms with Gasteiger partial charge in [0.25, 0.3) is 0 Å². The Hall–Kier alpha value is -2.86. The molecule has 1 aliphatic rings. The Labute approximate surface area is 155 Å². The maximum absolute atomic E-state index is 12.9. The summed E-state index contributed by atoms with van der Waals surface area (Å²) in [4.78, 5) is 18.7. The highest BCUT2D eigenvalue weighted by Crippen LogP contribution is 2.42. The Morgan fingerprint density at radius 1 is 1.38 bits per heavy atom. The molecule has 2 aromatic heterocycles. The number of hydrogen-bond acceptors (Lipinski definition) is 5. The summed E-state index contributed by atoms with van der Waals surface area (Å²) in [6.07, 6.45) is 1.58. The number of thiophene rings is 1. The number of nitrogens with zero attached hydrogens (tertiary/aromatic N) is 2. The van der Waals surface area contributed by atoms with E-state index in [0.717, 1.165) is 33.1 Å². The van der Waals surface area contributed by atoms with Gasteiger partial charge in [0.1, 0.15) is 12.6 Å². The number of carbonyl (C=O) groups is 1. The zero-order chi connectivity index (χ0) is 18.3. The summed E-state index contributed by atoms with van der Waals surface area (Å²) in [6.45, 7) is 7.77. The molecule has 0 spiro atoms. The minimum atomic E-state index is -0.337. The highest BCUT2D eigenvalue weighted by atomic mass is 32.1. The maximum Gasteiger partial charge on any atom is 0.338 e. The van der Waals surface area contributed by atoms with Gasteiger partial charge in [-0.2, -0.15) is 0 Å². The molecule has 0 aliphatic carbocycles. The number of aromatic nitrogens is 2. The summed E-state index contributed by atoms with van der Waals surface area (Å²) in [5.74, 6) is 0.401. The lowest BCUT2D eigenvalue weighted by Gasteiger charge is -2.29. The first-order valence-corrected chi connectivity index (χ1v) is 9.26. The van der Waals surface area contributed by atoms with Crippen molar-refractivity contribution in [3.05, 3.63) is 70.1 Å². The number of aryl methyl sites for hydroxylation is 1. The number of fused-ring (bicyclic) bond motifs is 3. The molecule has 0 radical (unpaired) electrons. The molecule has 0 amide bonds. The summed E-state index contributed by atoms with van der Waals surface area (Å²) in [5.41, 5.74) is 4.39. The Kier molecular flexibility index (Phi) is 4.12. The van der Waals surface area contributed by atoms with Crippen LogP contribution in [0.1, 0.15) is 23.4 Å². The molecule has 0 bridgehead atoms. The number of rotatable bonds is 4. The Morgan fingerprint density at radius 3 is 2.92 bits per heavy atom. The number of ether oxygens (including phenoxy) is 1. The average molecular weight is 365 g/mol. The number of benzene rings is 1. The topological polar surface area (TPSA) is 56.1 Å². The van der Waals surface area contributed by atoms with Gasteiger partial charge >= 0.3 is 5.97 Å². The van der Waals surface area contributed by atoms with Crippen molar-refractivity contribution in [2.24, 2.45) is 0 Å². The van der Waals surface area contributed by atoms with Gasteiger partial charge in [0, 0.05) is 10.6 Å². The fourth-order valence-electron chi connectivity index (χ4n) is 3.35. The van der Waals surface area contributed by atoms with Crippen molar-refractivity contribution < 1.29 is 9.53 Å². The Morgan fingerprint density at radius 2 is 2.19 bits per heavy atom. The number of para-hydroxylation sites is 2. The molecule has 1 N–H and O–H groups in total. The third-order valence-corrected chi connectivity index (χ3v) is 5.60. The molecule has 4 rings (SSSR count). The van der Waals surface area contributed by atoms with E-state index in [-0.39, 0.29) is 18.6 Å². The van der Waals surface area contributed by atoms with E-state index < -0.39 is 0 Å². The molecule has 6 heteroatoms. The van der Waals surface area contributed by atoms with Crippen LogP contribution < -0.4 is 5.32 Å². The third-order valence-electron chi connectivity index (χ3n) is 4.53. The van der Waals surface area contributed by atoms with Crippen molar-refractivity contribution in [2.45, 2.75) is 19.9 Å². The normalized spacial score (nSPS) is 16.3. The number of allylic oxidation sites excluding steroid dienone is 1. The predicted octanol–water partition coefficient (Wildman–Crippen LogP) is 4.42. The fourth-order valence-corrected chi connectivity index (χ4v) is 4.38. The van der Waals surface area contributed by atoms with Crippen molar-refractivity contribution in [1.29, 1.82) is 0 Å². The molecule has 0 saturated heterocycles. The van der Waals surface area contributed by atoms with E-state index in [1.807, 2.05) is 36.6 Å². The molecule has 1 aromatic carbocycles. The van der Waals surface area contributed by atoms with Gasteiger partial charge in [-0.15, -0.1) is 11.3 Å². The van der Waals surface area contributed by atoms with E-state index in [2.05, 4.69) is 29.5 Å². The summed E-state index contributed by atoms with van der Waals surface area (Å²) in [5, 5.41) is 5.33. The van der Waals surface area contributed by atoms with E-state index in [9.17, 15) is 4.79 Å². The first-order chi connectivity index (χ1) is 12.6. The monoisotopic (exact) mass is 365 g/mol. The zero-order valence-corrected chi connectivity index (χ0v) is 15.5. The minimum Gasteiger partial charge on any atom is -0.458 e. The lowest BCUT2D eigenvalue weighted by Crippen LogP contribution is -2.28. The van der Waals surface area contributed by atoms with Crippen LogP contribution in [0.25, 0.3) is 11.0 Å². The van der Waals surface area contributed by atoms with E-state index in [4.69, 9.17) is 9.72 Å². The third kappa shape index (κ3) is 2.54. The highest BCUT2D eigenvalue weighted by Gasteiger charge is 2.36. The molecule has 3 heterocycles. The van der Waals surface area contributed by atoms with Crippen molar-refractivity contribution >= 4 is 34.3 Å². The number of esters is 1. The standard InChI is InChI=1S/C20H19N3O2S/c1-4-10-25-19(24)16-13(3)21-20-22-14-7-5-6-8-15(14)23(20)17(16)18-12(2)9-11-26-18/h4-9,11,17H,1,10H2,2-3H3,(H,21,22)/t17-/m1/s1. The van der Waals surface area contributed by atoms with Crippen LogP contribution in [0.2, 0.25) is 0 Å². The molecule has 0 saturated carbocycles. The number of nitrogens with one attached hydrogen (secondary N) is 1. The van der Waals surface area contributed by atoms with Crippen LogP contribution in [0.3, 0.4) is 0 Å². The SMILES string of the molecule is C=CCOC(=O)C1=C(C)Nc2nc3ccccc3n2[C@H]1c1sccc1C. The lowest BCUT2D eigenvalue weighted by atomic mass is 9.99. The van der Waals surface area contributed by atoms with Crippen LogP contribution >= 0.6 is 11.3 Å². The molecule has 1 atom stereocenters. The summed E-state index contributed by atoms with van der Waals surface area (Å²) in [6, 6.07) is 9.75. The Balaban J connectivity index is 1.95. The van der Waals surface area contributed by atoms with E-state index >= 15 is 0 Å². The highest BCUT2D eigenvalue weighted by molar-refractivity contribution is 7.10. The molecular weight excluding hydrogens is 346 g/mol. The van der Waals surface area contributed by atoms with Gasteiger partial charge in [-0.25, -0.2) is 9.78 Å². The van der Waals surface area contributed by atoms with Gasteiger partial charge in [0.2, 0.25) is 5.95 Å². The molecular formula is C20H19N3O2S. The number of imidazole rings is 1. The maximum atomic E-state index is 12.9. The molecule has 3 aromatic rings. The molecule has 132 valence electrons.